The first kappa shape index (κ1) is 34.1. The molecule has 0 aromatic heterocycles. The van der Waals surface area contributed by atoms with Gasteiger partial charge in [0.1, 0.15) is 18.2 Å². The summed E-state index contributed by atoms with van der Waals surface area (Å²) in [5, 5.41) is 0. The monoisotopic (exact) mass is 549 g/mol. The Kier molecular flexibility index (Phi) is 15.4. The van der Waals surface area contributed by atoms with Gasteiger partial charge in [-0.1, -0.05) is 59.9 Å². The first-order valence-electron chi connectivity index (χ1n) is 14.1. The molecule has 0 saturated heterocycles. The van der Waals surface area contributed by atoms with Crippen molar-refractivity contribution in [2.75, 3.05) is 0 Å². The number of hydrogen-bond donors (Lipinski definition) is 1. The van der Waals surface area contributed by atoms with Gasteiger partial charge in [0.2, 0.25) is 0 Å². The second-order valence-electron chi connectivity index (χ2n) is 10.3. The Morgan fingerprint density at radius 2 is 1.28 bits per heavy atom. The van der Waals surface area contributed by atoms with Crippen LogP contribution in [-0.4, -0.2) is 42.1 Å². The third-order valence-corrected chi connectivity index (χ3v) is 6.45. The van der Waals surface area contributed by atoms with Gasteiger partial charge < -0.3 is 24.7 Å². The summed E-state index contributed by atoms with van der Waals surface area (Å²) < 4.78 is 22.0. The maximum atomic E-state index is 12.7. The van der Waals surface area contributed by atoms with Crippen LogP contribution in [0.1, 0.15) is 99.0 Å². The van der Waals surface area contributed by atoms with E-state index in [4.69, 9.17) is 24.7 Å². The van der Waals surface area contributed by atoms with Gasteiger partial charge in [-0.2, -0.15) is 0 Å². The average molecular weight is 550 g/mol. The van der Waals surface area contributed by atoms with Crippen LogP contribution in [0, 0.1) is 11.8 Å². The molecule has 0 aliphatic heterocycles. The third kappa shape index (κ3) is 12.2. The summed E-state index contributed by atoms with van der Waals surface area (Å²) in [6.45, 7) is 12.8. The zero-order valence-corrected chi connectivity index (χ0v) is 24.6. The van der Waals surface area contributed by atoms with Crippen LogP contribution in [-0.2, 0) is 35.1 Å². The molecule has 0 amide bonds. The zero-order chi connectivity index (χ0) is 29.5. The molecule has 1 rings (SSSR count). The second kappa shape index (κ2) is 17.6. The Morgan fingerprint density at radius 1 is 0.744 bits per heavy atom. The number of nitrogens with two attached hydrogens (primary N) is 1. The lowest BCUT2D eigenvalue weighted by atomic mass is 10.0. The van der Waals surface area contributed by atoms with Gasteiger partial charge in [0.15, 0.2) is 11.5 Å². The van der Waals surface area contributed by atoms with E-state index >= 15 is 0 Å². The van der Waals surface area contributed by atoms with Crippen LogP contribution in [0.25, 0.3) is 0 Å². The van der Waals surface area contributed by atoms with Gasteiger partial charge in [-0.3, -0.25) is 19.2 Å². The van der Waals surface area contributed by atoms with Crippen molar-refractivity contribution in [3.63, 3.8) is 0 Å². The largest absolute Gasteiger partial charge is 0.459 e. The number of esters is 4. The van der Waals surface area contributed by atoms with E-state index in [2.05, 4.69) is 0 Å². The van der Waals surface area contributed by atoms with Crippen molar-refractivity contribution in [3.05, 3.63) is 23.8 Å². The van der Waals surface area contributed by atoms with E-state index in [-0.39, 0.29) is 35.7 Å². The Balaban J connectivity index is 2.97. The van der Waals surface area contributed by atoms with Gasteiger partial charge in [-0.05, 0) is 57.2 Å². The van der Waals surface area contributed by atoms with Gasteiger partial charge in [0.25, 0.3) is 0 Å². The summed E-state index contributed by atoms with van der Waals surface area (Å²) in [4.78, 5) is 49.7. The normalized spacial score (nSPS) is 14.9. The molecule has 9 nitrogen and oxygen atoms in total. The van der Waals surface area contributed by atoms with E-state index in [1.165, 1.54) is 6.07 Å². The van der Waals surface area contributed by atoms with Gasteiger partial charge in [-0.15, -0.1) is 0 Å². The maximum absolute atomic E-state index is 12.7. The molecule has 0 aliphatic carbocycles. The minimum Gasteiger partial charge on any atom is -0.459 e. The lowest BCUT2D eigenvalue weighted by Crippen LogP contribution is -2.39. The molecule has 2 N–H and O–H groups in total. The number of benzene rings is 1. The average Bonchev–Trinajstić information content (AvgIpc) is 2.88. The first-order chi connectivity index (χ1) is 18.4. The summed E-state index contributed by atoms with van der Waals surface area (Å²) in [5.74, 6) is -2.26. The fourth-order valence-electron chi connectivity index (χ4n) is 3.75. The summed E-state index contributed by atoms with van der Waals surface area (Å²) in [6.07, 6.45) is 3.69. The van der Waals surface area contributed by atoms with Crippen LogP contribution >= 0.6 is 0 Å². The Bertz CT molecular complexity index is 947. The fourth-order valence-corrected chi connectivity index (χ4v) is 3.75. The van der Waals surface area contributed by atoms with Crippen molar-refractivity contribution >= 4 is 23.9 Å². The molecule has 1 aromatic carbocycles. The highest BCUT2D eigenvalue weighted by Crippen LogP contribution is 2.31. The van der Waals surface area contributed by atoms with Crippen molar-refractivity contribution in [3.8, 4) is 11.5 Å². The number of unbranched alkanes of at least 4 members (excludes halogenated alkanes) is 1. The molecule has 220 valence electrons. The predicted octanol–water partition coefficient (Wildman–Crippen LogP) is 5.29. The van der Waals surface area contributed by atoms with Crippen LogP contribution in [0.5, 0.6) is 11.5 Å². The van der Waals surface area contributed by atoms with E-state index in [0.29, 0.717) is 24.8 Å². The standard InChI is InChI=1S/C30H47NO8/c1-8-11-14-27(32)36-21(6)22(7)37-30(35)24(31)17-23-15-16-25(38-28(33)19(4)12-9-2)26(18-23)39-29(34)20(5)13-10-3/h15-16,18-22,24H,8-14,17,31H2,1-7H3/t19?,20?,21-,22-,24-/m0/s1. The highest BCUT2D eigenvalue weighted by atomic mass is 16.6. The van der Waals surface area contributed by atoms with Gasteiger partial charge in [0, 0.05) is 6.42 Å². The van der Waals surface area contributed by atoms with E-state index in [1.807, 2.05) is 20.8 Å². The van der Waals surface area contributed by atoms with E-state index < -0.39 is 36.2 Å². The molecule has 2 unspecified atom stereocenters. The molecule has 9 heteroatoms. The van der Waals surface area contributed by atoms with Crippen molar-refractivity contribution in [2.45, 2.75) is 118 Å². The number of ether oxygens (including phenoxy) is 4. The molecule has 0 saturated carbocycles. The van der Waals surface area contributed by atoms with E-state index in [1.54, 1.807) is 39.8 Å². The summed E-state index contributed by atoms with van der Waals surface area (Å²) in [6, 6.07) is 3.74. The number of hydrogen-bond acceptors (Lipinski definition) is 9. The summed E-state index contributed by atoms with van der Waals surface area (Å²) in [5.41, 5.74) is 6.72. The zero-order valence-electron chi connectivity index (χ0n) is 24.6. The van der Waals surface area contributed by atoms with Crippen LogP contribution < -0.4 is 15.2 Å². The highest BCUT2D eigenvalue weighted by Gasteiger charge is 2.25. The number of carbonyl (C=O) groups excluding carboxylic acids is 4. The quantitative estimate of drug-likeness (QED) is 0.203. The van der Waals surface area contributed by atoms with Crippen molar-refractivity contribution in [2.24, 2.45) is 17.6 Å². The lowest BCUT2D eigenvalue weighted by Gasteiger charge is -2.22. The minimum absolute atomic E-state index is 0.0890. The molecule has 0 bridgehead atoms. The molecule has 39 heavy (non-hydrogen) atoms. The fraction of sp³-hybridized carbons (Fsp3) is 0.667. The van der Waals surface area contributed by atoms with Crippen LogP contribution in [0.4, 0.5) is 0 Å². The molecule has 0 heterocycles. The first-order valence-corrected chi connectivity index (χ1v) is 14.1. The van der Waals surface area contributed by atoms with E-state index in [0.717, 1.165) is 25.7 Å². The molecule has 0 fully saturated rings. The molecular formula is C30H47NO8. The smallest absolute Gasteiger partial charge is 0.323 e. The summed E-state index contributed by atoms with van der Waals surface area (Å²) in [7, 11) is 0. The Morgan fingerprint density at radius 3 is 1.82 bits per heavy atom. The summed E-state index contributed by atoms with van der Waals surface area (Å²) >= 11 is 0. The Labute approximate surface area is 233 Å². The molecule has 0 aliphatic rings. The minimum atomic E-state index is -1.02. The van der Waals surface area contributed by atoms with E-state index in [9.17, 15) is 19.2 Å². The predicted molar refractivity (Wildman–Crippen MR) is 148 cm³/mol. The third-order valence-electron chi connectivity index (χ3n) is 6.45. The van der Waals surface area contributed by atoms with Gasteiger partial charge >= 0.3 is 23.9 Å². The molecule has 5 atom stereocenters. The van der Waals surface area contributed by atoms with Crippen LogP contribution in [0.3, 0.4) is 0 Å². The van der Waals surface area contributed by atoms with Crippen molar-refractivity contribution in [1.29, 1.82) is 0 Å². The molecule has 0 radical (unpaired) electrons. The topological polar surface area (TPSA) is 131 Å². The lowest BCUT2D eigenvalue weighted by molar-refractivity contribution is -0.166. The van der Waals surface area contributed by atoms with Crippen LogP contribution in [0.15, 0.2) is 18.2 Å². The highest BCUT2D eigenvalue weighted by molar-refractivity contribution is 5.79. The van der Waals surface area contributed by atoms with Crippen molar-refractivity contribution < 1.29 is 38.1 Å². The number of carbonyl (C=O) groups is 4. The molecular weight excluding hydrogens is 502 g/mol. The molecule has 1 aromatic rings. The van der Waals surface area contributed by atoms with Gasteiger partial charge in [0.05, 0.1) is 11.8 Å². The van der Waals surface area contributed by atoms with Crippen LogP contribution in [0.2, 0.25) is 0 Å². The second-order valence-corrected chi connectivity index (χ2v) is 10.3. The SMILES string of the molecule is CCCCC(=O)O[C@@H](C)[C@H](C)OC(=O)[C@@H](N)Cc1ccc(OC(=O)C(C)CCC)c(OC(=O)C(C)CCC)c1. The molecule has 0 spiro atoms. The van der Waals surface area contributed by atoms with Crippen molar-refractivity contribution in [1.82, 2.24) is 0 Å². The number of rotatable bonds is 17. The van der Waals surface area contributed by atoms with Gasteiger partial charge in [-0.25, -0.2) is 0 Å². The maximum Gasteiger partial charge on any atom is 0.323 e. The Hall–Kier alpha value is -2.94.